The zero-order valence-corrected chi connectivity index (χ0v) is 14.4. The van der Waals surface area contributed by atoms with Gasteiger partial charge in [0.1, 0.15) is 0 Å². The quantitative estimate of drug-likeness (QED) is 0.824. The number of hydrogen-bond donors (Lipinski definition) is 2. The predicted octanol–water partition coefficient (Wildman–Crippen LogP) is 4.08. The van der Waals surface area contributed by atoms with Gasteiger partial charge in [-0.15, -0.1) is 11.3 Å². The van der Waals surface area contributed by atoms with Crippen molar-refractivity contribution in [3.05, 3.63) is 57.2 Å². The van der Waals surface area contributed by atoms with Crippen LogP contribution in [0.1, 0.15) is 36.2 Å². The monoisotopic (exact) mass is 351 g/mol. The Labute approximate surface area is 144 Å². The molecule has 0 bridgehead atoms. The molecule has 0 aliphatic heterocycles. The summed E-state index contributed by atoms with van der Waals surface area (Å²) in [5.41, 5.74) is 0.771. The van der Waals surface area contributed by atoms with Crippen LogP contribution in [0, 0.1) is 5.92 Å². The summed E-state index contributed by atoms with van der Waals surface area (Å²) in [5, 5.41) is 12.2. The Hall–Kier alpha value is -1.85. The van der Waals surface area contributed by atoms with E-state index in [-0.39, 0.29) is 11.8 Å². The molecule has 6 heteroatoms. The van der Waals surface area contributed by atoms with Gasteiger partial charge < -0.3 is 10.4 Å². The van der Waals surface area contributed by atoms with E-state index < -0.39 is 17.9 Å². The second-order valence-corrected chi connectivity index (χ2v) is 7.13. The first-order chi connectivity index (χ1) is 10.9. The van der Waals surface area contributed by atoms with Gasteiger partial charge >= 0.3 is 5.97 Å². The van der Waals surface area contributed by atoms with E-state index in [1.165, 1.54) is 11.3 Å². The van der Waals surface area contributed by atoms with E-state index in [1.54, 1.807) is 19.9 Å². The van der Waals surface area contributed by atoms with Gasteiger partial charge in [0.25, 0.3) is 0 Å². The van der Waals surface area contributed by atoms with Gasteiger partial charge in [0.15, 0.2) is 0 Å². The number of nitrogens with one attached hydrogen (secondary N) is 1. The van der Waals surface area contributed by atoms with E-state index in [2.05, 4.69) is 5.32 Å². The average molecular weight is 352 g/mol. The van der Waals surface area contributed by atoms with Crippen LogP contribution in [0.25, 0.3) is 0 Å². The largest absolute Gasteiger partial charge is 0.481 e. The van der Waals surface area contributed by atoms with E-state index >= 15 is 0 Å². The van der Waals surface area contributed by atoms with Crippen LogP contribution in [-0.2, 0) is 9.59 Å². The van der Waals surface area contributed by atoms with Crippen molar-refractivity contribution < 1.29 is 14.7 Å². The molecule has 0 fully saturated rings. The summed E-state index contributed by atoms with van der Waals surface area (Å²) in [6.07, 6.45) is 0. The maximum atomic E-state index is 12.5. The normalized spacial score (nSPS) is 14.7. The van der Waals surface area contributed by atoms with Gasteiger partial charge in [-0.25, -0.2) is 0 Å². The zero-order valence-electron chi connectivity index (χ0n) is 12.8. The van der Waals surface area contributed by atoms with E-state index in [4.69, 9.17) is 11.6 Å². The van der Waals surface area contributed by atoms with Gasteiger partial charge in [-0.05, 0) is 31.5 Å². The van der Waals surface area contributed by atoms with Crippen LogP contribution in [0.4, 0.5) is 0 Å². The number of hydrogen-bond acceptors (Lipinski definition) is 3. The van der Waals surface area contributed by atoms with Gasteiger partial charge in [0, 0.05) is 4.88 Å². The number of carbonyl (C=O) groups is 2. The molecule has 1 aromatic carbocycles. The highest BCUT2D eigenvalue weighted by molar-refractivity contribution is 7.16. The van der Waals surface area contributed by atoms with Crippen molar-refractivity contribution in [1.29, 1.82) is 0 Å². The smallest absolute Gasteiger partial charge is 0.308 e. The van der Waals surface area contributed by atoms with Gasteiger partial charge in [-0.2, -0.15) is 0 Å². The lowest BCUT2D eigenvalue weighted by Gasteiger charge is -2.24. The lowest BCUT2D eigenvalue weighted by atomic mass is 9.93. The molecule has 23 heavy (non-hydrogen) atoms. The highest BCUT2D eigenvalue weighted by atomic mass is 35.5. The van der Waals surface area contributed by atoms with Crippen molar-refractivity contribution in [2.45, 2.75) is 25.8 Å². The SMILES string of the molecule is CC(C(=O)NC(c1ccccc1)C(C)C(=O)O)c1ccc(Cl)s1. The number of carboxylic acid groups (broad SMARTS) is 1. The molecule has 2 rings (SSSR count). The Morgan fingerprint density at radius 3 is 2.30 bits per heavy atom. The minimum Gasteiger partial charge on any atom is -0.481 e. The number of carbonyl (C=O) groups excluding carboxylic acids is 1. The standard InChI is InChI=1S/C17H18ClNO3S/c1-10(13-8-9-14(18)23-13)16(20)19-15(11(2)17(21)22)12-6-4-3-5-7-12/h3-11,15H,1-2H3,(H,19,20)(H,21,22). The van der Waals surface area contributed by atoms with Crippen molar-refractivity contribution in [3.63, 3.8) is 0 Å². The molecule has 0 saturated carbocycles. The van der Waals surface area contributed by atoms with Crippen molar-refractivity contribution in [1.82, 2.24) is 5.32 Å². The predicted molar refractivity (Wildman–Crippen MR) is 91.9 cm³/mol. The molecule has 2 aromatic rings. The van der Waals surface area contributed by atoms with Gasteiger partial charge in [-0.3, -0.25) is 9.59 Å². The summed E-state index contributed by atoms with van der Waals surface area (Å²) >= 11 is 7.26. The van der Waals surface area contributed by atoms with Crippen LogP contribution in [0.3, 0.4) is 0 Å². The summed E-state index contributed by atoms with van der Waals surface area (Å²) in [6.45, 7) is 3.37. The minimum absolute atomic E-state index is 0.217. The Morgan fingerprint density at radius 1 is 1.13 bits per heavy atom. The van der Waals surface area contributed by atoms with Crippen LogP contribution < -0.4 is 5.32 Å². The summed E-state index contributed by atoms with van der Waals surface area (Å²) in [4.78, 5) is 24.7. The topological polar surface area (TPSA) is 66.4 Å². The molecule has 1 heterocycles. The minimum atomic E-state index is -0.953. The Morgan fingerprint density at radius 2 is 1.78 bits per heavy atom. The molecule has 1 amide bonds. The fourth-order valence-electron chi connectivity index (χ4n) is 2.27. The van der Waals surface area contributed by atoms with Crippen molar-refractivity contribution in [3.8, 4) is 0 Å². The van der Waals surface area contributed by atoms with Crippen LogP contribution in [0.15, 0.2) is 42.5 Å². The first kappa shape index (κ1) is 17.5. The first-order valence-electron chi connectivity index (χ1n) is 7.23. The second-order valence-electron chi connectivity index (χ2n) is 5.39. The molecule has 0 spiro atoms. The third kappa shape index (κ3) is 4.33. The summed E-state index contributed by atoms with van der Waals surface area (Å²) in [7, 11) is 0. The number of aliphatic carboxylic acids is 1. The van der Waals surface area contributed by atoms with Crippen LogP contribution in [0.2, 0.25) is 4.34 Å². The number of thiophene rings is 1. The molecule has 2 N–H and O–H groups in total. The van der Waals surface area contributed by atoms with Crippen molar-refractivity contribution in [2.75, 3.05) is 0 Å². The zero-order chi connectivity index (χ0) is 17.0. The molecule has 3 atom stereocenters. The number of halogens is 1. The fourth-order valence-corrected chi connectivity index (χ4v) is 3.38. The Balaban J connectivity index is 2.20. The lowest BCUT2D eigenvalue weighted by Crippen LogP contribution is -2.37. The first-order valence-corrected chi connectivity index (χ1v) is 8.43. The van der Waals surface area contributed by atoms with Gasteiger partial charge in [0.05, 0.1) is 22.2 Å². The van der Waals surface area contributed by atoms with E-state index in [9.17, 15) is 14.7 Å². The van der Waals surface area contributed by atoms with Crippen molar-refractivity contribution in [2.24, 2.45) is 5.92 Å². The molecule has 0 aliphatic rings. The number of benzene rings is 1. The van der Waals surface area contributed by atoms with Crippen LogP contribution in [0.5, 0.6) is 0 Å². The summed E-state index contributed by atoms with van der Waals surface area (Å²) in [6, 6.07) is 12.1. The molecule has 122 valence electrons. The lowest BCUT2D eigenvalue weighted by molar-refractivity contribution is -0.142. The average Bonchev–Trinajstić information content (AvgIpc) is 2.98. The highest BCUT2D eigenvalue weighted by Crippen LogP contribution is 2.29. The Kier molecular flexibility index (Phi) is 5.80. The number of rotatable bonds is 6. The second kappa shape index (κ2) is 7.62. The van der Waals surface area contributed by atoms with Gasteiger partial charge in [-0.1, -0.05) is 41.9 Å². The molecule has 3 unspecified atom stereocenters. The molecule has 0 radical (unpaired) electrons. The van der Waals surface area contributed by atoms with Crippen LogP contribution in [-0.4, -0.2) is 17.0 Å². The highest BCUT2D eigenvalue weighted by Gasteiger charge is 2.28. The number of carboxylic acids is 1. The molecule has 0 saturated heterocycles. The maximum Gasteiger partial charge on any atom is 0.308 e. The third-order valence-corrected chi connectivity index (χ3v) is 5.17. The Bertz CT molecular complexity index is 686. The number of amides is 1. The van der Waals surface area contributed by atoms with E-state index in [0.717, 1.165) is 10.4 Å². The van der Waals surface area contributed by atoms with Crippen LogP contribution >= 0.6 is 22.9 Å². The maximum absolute atomic E-state index is 12.5. The molecular formula is C17H18ClNO3S. The third-order valence-electron chi connectivity index (χ3n) is 3.76. The van der Waals surface area contributed by atoms with E-state index in [1.807, 2.05) is 36.4 Å². The molecule has 1 aromatic heterocycles. The molecule has 0 aliphatic carbocycles. The van der Waals surface area contributed by atoms with Gasteiger partial charge in [0.2, 0.25) is 5.91 Å². The molecular weight excluding hydrogens is 334 g/mol. The van der Waals surface area contributed by atoms with E-state index in [0.29, 0.717) is 4.34 Å². The van der Waals surface area contributed by atoms with Crippen molar-refractivity contribution >= 4 is 34.8 Å². The summed E-state index contributed by atoms with van der Waals surface area (Å²) < 4.78 is 0.623. The molecule has 4 nitrogen and oxygen atoms in total. The summed E-state index contributed by atoms with van der Waals surface area (Å²) in [5.74, 6) is -2.29. The fraction of sp³-hybridized carbons (Fsp3) is 0.294.